The molecule has 0 aliphatic heterocycles. The van der Waals surface area contributed by atoms with E-state index in [0.717, 1.165) is 31.1 Å². The first-order valence-corrected chi connectivity index (χ1v) is 12.4. The third-order valence-corrected chi connectivity index (χ3v) is 7.46. The van der Waals surface area contributed by atoms with E-state index >= 15 is 0 Å². The third kappa shape index (κ3) is 4.84. The molecule has 1 aliphatic carbocycles. The highest BCUT2D eigenvalue weighted by Gasteiger charge is 2.27. The van der Waals surface area contributed by atoms with Crippen molar-refractivity contribution in [2.75, 3.05) is 14.2 Å². The van der Waals surface area contributed by atoms with Crippen LogP contribution in [0.1, 0.15) is 54.8 Å². The van der Waals surface area contributed by atoms with Gasteiger partial charge in [-0.1, -0.05) is 25.0 Å². The Kier molecular flexibility index (Phi) is 6.62. The van der Waals surface area contributed by atoms with Crippen LogP contribution in [0.4, 0.5) is 0 Å². The Morgan fingerprint density at radius 2 is 1.79 bits per heavy atom. The van der Waals surface area contributed by atoms with E-state index in [1.165, 1.54) is 25.3 Å². The van der Waals surface area contributed by atoms with Crippen molar-refractivity contribution in [1.82, 2.24) is 10.0 Å². The number of hydrogen-bond acceptors (Lipinski definition) is 6. The van der Waals surface area contributed by atoms with Crippen LogP contribution in [0, 0.1) is 0 Å². The number of para-hydroxylation sites is 1. The van der Waals surface area contributed by atoms with E-state index < -0.39 is 22.0 Å². The van der Waals surface area contributed by atoms with Gasteiger partial charge in [-0.25, -0.2) is 13.1 Å². The van der Waals surface area contributed by atoms with Crippen LogP contribution < -0.4 is 19.5 Å². The Balaban J connectivity index is 1.56. The summed E-state index contributed by atoms with van der Waals surface area (Å²) in [5, 5.41) is 3.73. The maximum Gasteiger partial charge on any atom is 0.251 e. The number of hydrogen-bond donors (Lipinski definition) is 2. The summed E-state index contributed by atoms with van der Waals surface area (Å²) < 4.78 is 45.2. The molecule has 8 nitrogen and oxygen atoms in total. The standard InChI is InChI=1S/C24H28N2O6S/c1-15(21-13-16-7-6-10-20(31-3)23(16)32-21)25-24(27)17-11-12-19(30-2)22(14-17)33(28,29)26-18-8-4-5-9-18/h6-7,10-15,18,26H,4-5,8-9H2,1-3H3,(H,25,27). The number of sulfonamides is 1. The lowest BCUT2D eigenvalue weighted by atomic mass is 10.1. The molecule has 1 unspecified atom stereocenters. The Bertz CT molecular complexity index is 1260. The second kappa shape index (κ2) is 9.44. The first-order chi connectivity index (χ1) is 15.8. The van der Waals surface area contributed by atoms with Crippen LogP contribution in [0.3, 0.4) is 0 Å². The molecule has 0 bridgehead atoms. The second-order valence-corrected chi connectivity index (χ2v) is 9.87. The Labute approximate surface area is 193 Å². The number of carbonyl (C=O) groups is 1. The summed E-state index contributed by atoms with van der Waals surface area (Å²) in [4.78, 5) is 12.9. The fourth-order valence-electron chi connectivity index (χ4n) is 4.14. The van der Waals surface area contributed by atoms with Crippen molar-refractivity contribution in [2.24, 2.45) is 0 Å². The summed E-state index contributed by atoms with van der Waals surface area (Å²) in [6.07, 6.45) is 3.61. The van der Waals surface area contributed by atoms with Gasteiger partial charge >= 0.3 is 0 Å². The molecule has 0 saturated heterocycles. The van der Waals surface area contributed by atoms with Crippen molar-refractivity contribution in [3.05, 3.63) is 53.8 Å². The molecule has 1 aromatic heterocycles. The molecule has 1 atom stereocenters. The van der Waals surface area contributed by atoms with E-state index in [-0.39, 0.29) is 22.3 Å². The molecule has 1 amide bonds. The van der Waals surface area contributed by atoms with Gasteiger partial charge in [0, 0.05) is 17.0 Å². The first-order valence-electron chi connectivity index (χ1n) is 10.9. The van der Waals surface area contributed by atoms with Crippen LogP contribution >= 0.6 is 0 Å². The fraction of sp³-hybridized carbons (Fsp3) is 0.375. The Morgan fingerprint density at radius 3 is 2.48 bits per heavy atom. The first kappa shape index (κ1) is 23.1. The summed E-state index contributed by atoms with van der Waals surface area (Å²) in [6.45, 7) is 1.80. The zero-order chi connectivity index (χ0) is 23.6. The van der Waals surface area contributed by atoms with Crippen molar-refractivity contribution in [3.8, 4) is 11.5 Å². The summed E-state index contributed by atoms with van der Waals surface area (Å²) in [6, 6.07) is 11.2. The van der Waals surface area contributed by atoms with Crippen LogP contribution in [0.25, 0.3) is 11.0 Å². The van der Waals surface area contributed by atoms with Gasteiger partial charge in [0.25, 0.3) is 5.91 Å². The van der Waals surface area contributed by atoms with Crippen LogP contribution in [0.15, 0.2) is 51.8 Å². The van der Waals surface area contributed by atoms with E-state index in [1.54, 1.807) is 20.1 Å². The average Bonchev–Trinajstić information content (AvgIpc) is 3.47. The van der Waals surface area contributed by atoms with Crippen LogP contribution in [0.2, 0.25) is 0 Å². The Hall–Kier alpha value is -3.04. The van der Waals surface area contributed by atoms with Gasteiger partial charge in [0.15, 0.2) is 11.3 Å². The highest BCUT2D eigenvalue weighted by atomic mass is 32.2. The van der Waals surface area contributed by atoms with Gasteiger partial charge < -0.3 is 19.2 Å². The van der Waals surface area contributed by atoms with E-state index in [2.05, 4.69) is 10.0 Å². The highest BCUT2D eigenvalue weighted by Crippen LogP contribution is 2.31. The molecule has 3 aromatic rings. The molecule has 0 radical (unpaired) electrons. The van der Waals surface area contributed by atoms with E-state index in [0.29, 0.717) is 17.1 Å². The number of ether oxygens (including phenoxy) is 2. The molecule has 1 fully saturated rings. The minimum Gasteiger partial charge on any atom is -0.495 e. The summed E-state index contributed by atoms with van der Waals surface area (Å²) in [7, 11) is -0.863. The summed E-state index contributed by atoms with van der Waals surface area (Å²) in [5.74, 6) is 0.938. The van der Waals surface area contributed by atoms with Gasteiger partial charge in [-0.3, -0.25) is 4.79 Å². The molecular formula is C24H28N2O6S. The minimum atomic E-state index is -3.84. The monoisotopic (exact) mass is 472 g/mol. The SMILES string of the molecule is COc1ccc(C(=O)NC(C)c2cc3cccc(OC)c3o2)cc1S(=O)(=O)NC1CCCC1. The molecule has 0 spiro atoms. The largest absolute Gasteiger partial charge is 0.495 e. The van der Waals surface area contributed by atoms with Gasteiger partial charge in [0.1, 0.15) is 16.4 Å². The number of methoxy groups -OCH3 is 2. The molecule has 2 aromatic carbocycles. The minimum absolute atomic E-state index is 0.0503. The normalized spacial score (nSPS) is 15.5. The lowest BCUT2D eigenvalue weighted by Gasteiger charge is -2.16. The number of benzene rings is 2. The molecule has 33 heavy (non-hydrogen) atoms. The number of carbonyl (C=O) groups excluding carboxylic acids is 1. The molecular weight excluding hydrogens is 444 g/mol. The molecule has 9 heteroatoms. The number of furan rings is 1. The van der Waals surface area contributed by atoms with Gasteiger partial charge in [-0.15, -0.1) is 0 Å². The van der Waals surface area contributed by atoms with Crippen LogP contribution in [-0.4, -0.2) is 34.6 Å². The topological polar surface area (TPSA) is 107 Å². The van der Waals surface area contributed by atoms with Gasteiger partial charge in [-0.05, 0) is 50.1 Å². The van der Waals surface area contributed by atoms with Crippen molar-refractivity contribution in [2.45, 2.75) is 49.6 Å². The van der Waals surface area contributed by atoms with E-state index in [1.807, 2.05) is 18.2 Å². The maximum absolute atomic E-state index is 13.0. The zero-order valence-corrected chi connectivity index (χ0v) is 19.7. The lowest BCUT2D eigenvalue weighted by molar-refractivity contribution is 0.0935. The van der Waals surface area contributed by atoms with Crippen molar-refractivity contribution < 1.29 is 27.1 Å². The quantitative estimate of drug-likeness (QED) is 0.510. The highest BCUT2D eigenvalue weighted by molar-refractivity contribution is 7.89. The van der Waals surface area contributed by atoms with Crippen molar-refractivity contribution in [3.63, 3.8) is 0 Å². The predicted octanol–water partition coefficient (Wildman–Crippen LogP) is 4.16. The second-order valence-electron chi connectivity index (χ2n) is 8.19. The van der Waals surface area contributed by atoms with Gasteiger partial charge in [0.05, 0.1) is 20.3 Å². The number of amides is 1. The lowest BCUT2D eigenvalue weighted by Crippen LogP contribution is -2.33. The maximum atomic E-state index is 13.0. The number of rotatable bonds is 8. The van der Waals surface area contributed by atoms with E-state index in [9.17, 15) is 13.2 Å². The predicted molar refractivity (Wildman–Crippen MR) is 124 cm³/mol. The van der Waals surface area contributed by atoms with Crippen molar-refractivity contribution >= 4 is 26.9 Å². The smallest absolute Gasteiger partial charge is 0.251 e. The molecule has 176 valence electrons. The molecule has 4 rings (SSSR count). The number of nitrogens with one attached hydrogen (secondary N) is 2. The summed E-state index contributed by atoms with van der Waals surface area (Å²) >= 11 is 0. The fourth-order valence-corrected chi connectivity index (χ4v) is 5.64. The molecule has 1 aliphatic rings. The van der Waals surface area contributed by atoms with E-state index in [4.69, 9.17) is 13.9 Å². The zero-order valence-electron chi connectivity index (χ0n) is 18.9. The van der Waals surface area contributed by atoms with Gasteiger partial charge in [0.2, 0.25) is 10.0 Å². The average molecular weight is 473 g/mol. The molecule has 2 N–H and O–H groups in total. The van der Waals surface area contributed by atoms with Crippen LogP contribution in [0.5, 0.6) is 11.5 Å². The molecule has 1 saturated carbocycles. The van der Waals surface area contributed by atoms with Crippen LogP contribution in [-0.2, 0) is 10.0 Å². The molecule has 1 heterocycles. The van der Waals surface area contributed by atoms with Gasteiger partial charge in [-0.2, -0.15) is 0 Å². The Morgan fingerprint density at radius 1 is 1.06 bits per heavy atom. The number of fused-ring (bicyclic) bond motifs is 1. The summed E-state index contributed by atoms with van der Waals surface area (Å²) in [5.41, 5.74) is 0.815. The van der Waals surface area contributed by atoms with Crippen molar-refractivity contribution in [1.29, 1.82) is 0 Å². The third-order valence-electron chi connectivity index (χ3n) is 5.91.